The molecule has 0 saturated carbocycles. The molecule has 0 bridgehead atoms. The Bertz CT molecular complexity index is 940. The molecular weight excluding hydrogens is 352 g/mol. The van der Waals surface area contributed by atoms with Crippen LogP contribution in [-0.4, -0.2) is 15.6 Å². The molecule has 0 aliphatic carbocycles. The van der Waals surface area contributed by atoms with Crippen LogP contribution in [0.25, 0.3) is 6.08 Å². The quantitative estimate of drug-likeness (QED) is 0.437. The van der Waals surface area contributed by atoms with E-state index in [9.17, 15) is 4.79 Å². The Morgan fingerprint density at radius 3 is 2.85 bits per heavy atom. The highest BCUT2D eigenvalue weighted by atomic mass is 35.5. The number of aryl methyl sites for hydroxylation is 1. The molecule has 5 nitrogen and oxygen atoms in total. The smallest absolute Gasteiger partial charge is 0.189 e. The van der Waals surface area contributed by atoms with E-state index >= 15 is 0 Å². The van der Waals surface area contributed by atoms with Crippen LogP contribution in [-0.2, 0) is 13.2 Å². The van der Waals surface area contributed by atoms with Gasteiger partial charge in [-0.25, -0.2) is 0 Å². The van der Waals surface area contributed by atoms with Crippen LogP contribution in [0, 0.1) is 6.92 Å². The lowest BCUT2D eigenvalue weighted by molar-refractivity contribution is 0.104. The van der Waals surface area contributed by atoms with Crippen molar-refractivity contribution in [2.45, 2.75) is 27.0 Å². The standard InChI is InChI=1S/C20H19ClN2O3/c1-3-23-14(2)17(12-22-23)19(24)11-10-15-8-9-16(26-15)13-25-20-7-5-4-6-18(20)21/h4-12H,3,13H2,1-2H3. The third-order valence-corrected chi connectivity index (χ3v) is 4.27. The summed E-state index contributed by atoms with van der Waals surface area (Å²) in [5, 5.41) is 4.73. The average Bonchev–Trinajstić information content (AvgIpc) is 3.25. The molecule has 3 aromatic rings. The summed E-state index contributed by atoms with van der Waals surface area (Å²) in [5.41, 5.74) is 1.45. The molecule has 0 fully saturated rings. The van der Waals surface area contributed by atoms with E-state index in [0.29, 0.717) is 27.9 Å². The average molecular weight is 371 g/mol. The van der Waals surface area contributed by atoms with E-state index in [1.54, 1.807) is 41.2 Å². The van der Waals surface area contributed by atoms with Crippen LogP contribution in [0.5, 0.6) is 5.75 Å². The molecule has 0 unspecified atom stereocenters. The van der Waals surface area contributed by atoms with E-state index in [2.05, 4.69) is 5.10 Å². The van der Waals surface area contributed by atoms with Gasteiger partial charge in [-0.2, -0.15) is 5.10 Å². The molecule has 0 saturated heterocycles. The second kappa shape index (κ2) is 8.06. The lowest BCUT2D eigenvalue weighted by Crippen LogP contribution is -2.01. The number of halogens is 1. The first-order chi connectivity index (χ1) is 12.6. The molecule has 0 amide bonds. The Balaban J connectivity index is 1.62. The van der Waals surface area contributed by atoms with Crippen molar-refractivity contribution >= 4 is 23.5 Å². The van der Waals surface area contributed by atoms with Crippen LogP contribution >= 0.6 is 11.6 Å². The fraction of sp³-hybridized carbons (Fsp3) is 0.200. The predicted octanol–water partition coefficient (Wildman–Crippen LogP) is 4.93. The van der Waals surface area contributed by atoms with Crippen molar-refractivity contribution in [1.82, 2.24) is 9.78 Å². The van der Waals surface area contributed by atoms with E-state index in [4.69, 9.17) is 20.8 Å². The SMILES string of the molecule is CCn1ncc(C(=O)C=Cc2ccc(COc3ccccc3Cl)o2)c1C. The van der Waals surface area contributed by atoms with Gasteiger partial charge in [0.05, 0.1) is 16.8 Å². The molecule has 2 heterocycles. The monoisotopic (exact) mass is 370 g/mol. The Morgan fingerprint density at radius 2 is 2.12 bits per heavy atom. The number of carbonyl (C=O) groups excluding carboxylic acids is 1. The maximum absolute atomic E-state index is 12.3. The zero-order valence-electron chi connectivity index (χ0n) is 14.6. The summed E-state index contributed by atoms with van der Waals surface area (Å²) in [4.78, 5) is 12.3. The van der Waals surface area contributed by atoms with Crippen molar-refractivity contribution in [3.05, 3.63) is 76.5 Å². The van der Waals surface area contributed by atoms with Crippen LogP contribution in [0.3, 0.4) is 0 Å². The van der Waals surface area contributed by atoms with E-state index < -0.39 is 0 Å². The minimum absolute atomic E-state index is 0.104. The Hall–Kier alpha value is -2.79. The maximum atomic E-state index is 12.3. The summed E-state index contributed by atoms with van der Waals surface area (Å²) >= 11 is 6.05. The number of furan rings is 1. The molecule has 0 N–H and O–H groups in total. The lowest BCUT2D eigenvalue weighted by atomic mass is 10.1. The van der Waals surface area contributed by atoms with Gasteiger partial charge in [0.1, 0.15) is 23.9 Å². The number of hydrogen-bond acceptors (Lipinski definition) is 4. The highest BCUT2D eigenvalue weighted by molar-refractivity contribution is 6.32. The second-order valence-electron chi connectivity index (χ2n) is 5.68. The van der Waals surface area contributed by atoms with Gasteiger partial charge in [0.2, 0.25) is 0 Å². The minimum atomic E-state index is -0.104. The number of carbonyl (C=O) groups is 1. The third kappa shape index (κ3) is 4.06. The summed E-state index contributed by atoms with van der Waals surface area (Å²) in [7, 11) is 0. The number of para-hydroxylation sites is 1. The molecule has 134 valence electrons. The fourth-order valence-corrected chi connectivity index (χ4v) is 2.72. The first-order valence-electron chi connectivity index (χ1n) is 8.29. The molecule has 0 aliphatic rings. The Kier molecular flexibility index (Phi) is 5.58. The van der Waals surface area contributed by atoms with Gasteiger partial charge in [-0.15, -0.1) is 0 Å². The molecule has 0 atom stereocenters. The first kappa shape index (κ1) is 18.0. The first-order valence-corrected chi connectivity index (χ1v) is 8.67. The number of ether oxygens (including phenoxy) is 1. The lowest BCUT2D eigenvalue weighted by Gasteiger charge is -2.05. The van der Waals surface area contributed by atoms with Gasteiger partial charge >= 0.3 is 0 Å². The van der Waals surface area contributed by atoms with Crippen molar-refractivity contribution in [3.63, 3.8) is 0 Å². The van der Waals surface area contributed by atoms with Gasteiger partial charge in [-0.1, -0.05) is 23.7 Å². The van der Waals surface area contributed by atoms with Gasteiger partial charge in [-0.05, 0) is 50.3 Å². The van der Waals surface area contributed by atoms with E-state index in [1.165, 1.54) is 6.08 Å². The molecule has 26 heavy (non-hydrogen) atoms. The van der Waals surface area contributed by atoms with Gasteiger partial charge in [-0.3, -0.25) is 9.48 Å². The number of allylic oxidation sites excluding steroid dienone is 1. The van der Waals surface area contributed by atoms with Crippen LogP contribution in [0.4, 0.5) is 0 Å². The van der Waals surface area contributed by atoms with E-state index in [-0.39, 0.29) is 12.4 Å². The van der Waals surface area contributed by atoms with Crippen molar-refractivity contribution in [2.24, 2.45) is 0 Å². The van der Waals surface area contributed by atoms with Gasteiger partial charge in [0.25, 0.3) is 0 Å². The molecule has 6 heteroatoms. The number of nitrogens with zero attached hydrogens (tertiary/aromatic N) is 2. The molecule has 0 aliphatic heterocycles. The summed E-state index contributed by atoms with van der Waals surface area (Å²) < 4.78 is 13.1. The Morgan fingerprint density at radius 1 is 1.31 bits per heavy atom. The van der Waals surface area contributed by atoms with E-state index in [0.717, 1.165) is 12.2 Å². The molecule has 0 spiro atoms. The predicted molar refractivity (Wildman–Crippen MR) is 100 cm³/mol. The van der Waals surface area contributed by atoms with Crippen molar-refractivity contribution in [3.8, 4) is 5.75 Å². The van der Waals surface area contributed by atoms with Crippen molar-refractivity contribution in [1.29, 1.82) is 0 Å². The Labute approximate surface area is 156 Å². The van der Waals surface area contributed by atoms with Gasteiger partial charge in [0.15, 0.2) is 5.78 Å². The topological polar surface area (TPSA) is 57.3 Å². The molecule has 1 aromatic carbocycles. The summed E-state index contributed by atoms with van der Waals surface area (Å²) in [6.07, 6.45) is 4.72. The third-order valence-electron chi connectivity index (χ3n) is 3.96. The fourth-order valence-electron chi connectivity index (χ4n) is 2.53. The number of benzene rings is 1. The van der Waals surface area contributed by atoms with Crippen molar-refractivity contribution < 1.29 is 13.9 Å². The number of hydrogen-bond donors (Lipinski definition) is 0. The molecule has 2 aromatic heterocycles. The van der Waals surface area contributed by atoms with Crippen LogP contribution in [0.2, 0.25) is 5.02 Å². The van der Waals surface area contributed by atoms with Crippen LogP contribution in [0.1, 0.15) is 34.5 Å². The molecular formula is C20H19ClN2O3. The summed E-state index contributed by atoms with van der Waals surface area (Å²) in [6.45, 7) is 4.86. The summed E-state index contributed by atoms with van der Waals surface area (Å²) in [5.74, 6) is 1.72. The highest BCUT2D eigenvalue weighted by Gasteiger charge is 2.11. The van der Waals surface area contributed by atoms with Gasteiger partial charge in [0, 0.05) is 12.2 Å². The molecule has 3 rings (SSSR count). The van der Waals surface area contributed by atoms with Crippen LogP contribution in [0.15, 0.2) is 53.1 Å². The highest BCUT2D eigenvalue weighted by Crippen LogP contribution is 2.24. The van der Waals surface area contributed by atoms with E-state index in [1.807, 2.05) is 26.0 Å². The maximum Gasteiger partial charge on any atom is 0.189 e. The summed E-state index contributed by atoms with van der Waals surface area (Å²) in [6, 6.07) is 10.9. The van der Waals surface area contributed by atoms with Crippen molar-refractivity contribution in [2.75, 3.05) is 0 Å². The zero-order valence-corrected chi connectivity index (χ0v) is 15.4. The molecule has 0 radical (unpaired) electrons. The number of ketones is 1. The van der Waals surface area contributed by atoms with Crippen LogP contribution < -0.4 is 4.74 Å². The normalized spacial score (nSPS) is 11.2. The van der Waals surface area contributed by atoms with Gasteiger partial charge < -0.3 is 9.15 Å². The second-order valence-corrected chi connectivity index (χ2v) is 6.09. The number of aromatic nitrogens is 2. The zero-order chi connectivity index (χ0) is 18.5. The largest absolute Gasteiger partial charge is 0.484 e. The minimum Gasteiger partial charge on any atom is -0.484 e. The number of rotatable bonds is 7.